The normalized spacial score (nSPS) is 13.1. The molecule has 2 aromatic heterocycles. The molecule has 0 spiro atoms. The van der Waals surface area contributed by atoms with E-state index in [1.165, 1.54) is 15.3 Å². The highest BCUT2D eigenvalue weighted by Crippen LogP contribution is 2.32. The van der Waals surface area contributed by atoms with Crippen LogP contribution in [0.15, 0.2) is 57.9 Å². The molecule has 144 valence electrons. The number of rotatable bonds is 4. The molecule has 10 heteroatoms. The standard InChI is InChI=1S/C18H14IN3O3S3/c1-11-3-6-13(7-4-11)28(24,25)22-10-15(19)14-9-12(5-8-16(14)22)17-20-21-18(26-17)27(2)23/h3-10H,1-2H3/t27-/m0/s1. The van der Waals surface area contributed by atoms with Gasteiger partial charge in [0, 0.05) is 27.0 Å². The molecule has 0 radical (unpaired) electrons. The molecule has 4 aromatic rings. The predicted octanol–water partition coefficient (Wildman–Crippen LogP) is 4.05. The van der Waals surface area contributed by atoms with Gasteiger partial charge in [0.1, 0.15) is 5.01 Å². The Kier molecular flexibility index (Phi) is 5.14. The van der Waals surface area contributed by atoms with Crippen LogP contribution in [-0.4, -0.2) is 33.1 Å². The van der Waals surface area contributed by atoms with Gasteiger partial charge in [-0.05, 0) is 59.8 Å². The van der Waals surface area contributed by atoms with Gasteiger partial charge in [0.2, 0.25) is 4.34 Å². The van der Waals surface area contributed by atoms with E-state index in [-0.39, 0.29) is 4.90 Å². The lowest BCUT2D eigenvalue weighted by Crippen LogP contribution is -2.11. The molecule has 0 fully saturated rings. The molecular formula is C18H14IN3O3S3. The van der Waals surface area contributed by atoms with Crippen LogP contribution in [0.4, 0.5) is 0 Å². The Labute approximate surface area is 182 Å². The summed E-state index contributed by atoms with van der Waals surface area (Å²) in [5, 5.41) is 9.51. The summed E-state index contributed by atoms with van der Waals surface area (Å²) in [6, 6.07) is 12.3. The highest BCUT2D eigenvalue weighted by molar-refractivity contribution is 14.1. The molecule has 0 aliphatic carbocycles. The minimum absolute atomic E-state index is 0.245. The third-order valence-electron chi connectivity index (χ3n) is 4.20. The summed E-state index contributed by atoms with van der Waals surface area (Å²) in [6.45, 7) is 1.92. The second kappa shape index (κ2) is 7.32. The van der Waals surface area contributed by atoms with Gasteiger partial charge in [-0.1, -0.05) is 29.0 Å². The average Bonchev–Trinajstić information content (AvgIpc) is 3.28. The van der Waals surface area contributed by atoms with Crippen molar-refractivity contribution in [1.82, 2.24) is 14.2 Å². The molecule has 0 bridgehead atoms. The van der Waals surface area contributed by atoms with Crippen LogP contribution < -0.4 is 0 Å². The largest absolute Gasteiger partial charge is 0.268 e. The first-order chi connectivity index (χ1) is 13.3. The molecule has 28 heavy (non-hydrogen) atoms. The van der Waals surface area contributed by atoms with E-state index in [0.717, 1.165) is 20.1 Å². The Bertz CT molecular complexity index is 1330. The fraction of sp³-hybridized carbons (Fsp3) is 0.111. The summed E-state index contributed by atoms with van der Waals surface area (Å²) < 4.78 is 40.4. The first-order valence-corrected chi connectivity index (χ1v) is 13.0. The van der Waals surface area contributed by atoms with Gasteiger partial charge < -0.3 is 0 Å². The number of hydrogen-bond acceptors (Lipinski definition) is 6. The zero-order valence-electron chi connectivity index (χ0n) is 14.8. The van der Waals surface area contributed by atoms with E-state index in [1.54, 1.807) is 42.8 Å². The minimum Gasteiger partial charge on any atom is -0.252 e. The van der Waals surface area contributed by atoms with Crippen molar-refractivity contribution in [2.24, 2.45) is 0 Å². The maximum absolute atomic E-state index is 13.1. The predicted molar refractivity (Wildman–Crippen MR) is 120 cm³/mol. The van der Waals surface area contributed by atoms with Crippen LogP contribution >= 0.6 is 33.9 Å². The van der Waals surface area contributed by atoms with Crippen molar-refractivity contribution in [2.45, 2.75) is 16.2 Å². The monoisotopic (exact) mass is 543 g/mol. The van der Waals surface area contributed by atoms with E-state index in [0.29, 0.717) is 14.9 Å². The second-order valence-electron chi connectivity index (χ2n) is 6.15. The fourth-order valence-corrected chi connectivity index (χ4v) is 6.46. The highest BCUT2D eigenvalue weighted by Gasteiger charge is 2.21. The van der Waals surface area contributed by atoms with Gasteiger partial charge >= 0.3 is 0 Å². The van der Waals surface area contributed by atoms with Crippen LogP contribution in [0.2, 0.25) is 0 Å². The van der Waals surface area contributed by atoms with Crippen LogP contribution in [0.1, 0.15) is 5.56 Å². The molecule has 0 amide bonds. The number of fused-ring (bicyclic) bond motifs is 1. The molecular weight excluding hydrogens is 529 g/mol. The topological polar surface area (TPSA) is 81.9 Å². The number of aromatic nitrogens is 3. The van der Waals surface area contributed by atoms with Crippen LogP contribution in [-0.2, 0) is 20.8 Å². The Hall–Kier alpha value is -1.63. The zero-order chi connectivity index (χ0) is 20.1. The number of halogens is 1. The maximum atomic E-state index is 13.1. The van der Waals surface area contributed by atoms with Crippen LogP contribution in [0, 0.1) is 10.5 Å². The van der Waals surface area contributed by atoms with Crippen molar-refractivity contribution in [3.63, 3.8) is 0 Å². The quantitative estimate of drug-likeness (QED) is 0.363. The van der Waals surface area contributed by atoms with Crippen LogP contribution in [0.5, 0.6) is 0 Å². The van der Waals surface area contributed by atoms with Gasteiger partial charge in [0.15, 0.2) is 0 Å². The average molecular weight is 543 g/mol. The smallest absolute Gasteiger partial charge is 0.252 e. The first-order valence-electron chi connectivity index (χ1n) is 8.07. The van der Waals surface area contributed by atoms with E-state index in [2.05, 4.69) is 32.8 Å². The molecule has 0 saturated carbocycles. The molecule has 0 aliphatic rings. The number of hydrogen-bond donors (Lipinski definition) is 0. The third-order valence-corrected chi connectivity index (χ3v) is 9.04. The van der Waals surface area contributed by atoms with Gasteiger partial charge in [-0.2, -0.15) is 0 Å². The van der Waals surface area contributed by atoms with Gasteiger partial charge in [-0.15, -0.1) is 10.2 Å². The van der Waals surface area contributed by atoms with Crippen LogP contribution in [0.25, 0.3) is 21.5 Å². The highest BCUT2D eigenvalue weighted by atomic mass is 127. The molecule has 0 unspecified atom stereocenters. The molecule has 0 N–H and O–H groups in total. The summed E-state index contributed by atoms with van der Waals surface area (Å²) in [5.74, 6) is 0. The zero-order valence-corrected chi connectivity index (χ0v) is 19.4. The lowest BCUT2D eigenvalue weighted by molar-refractivity contribution is 0.589. The first kappa shape index (κ1) is 19.7. The Balaban J connectivity index is 1.84. The summed E-state index contributed by atoms with van der Waals surface area (Å²) in [7, 11) is -4.88. The number of benzene rings is 2. The van der Waals surface area contributed by atoms with E-state index in [4.69, 9.17) is 0 Å². The summed E-state index contributed by atoms with van der Waals surface area (Å²) in [6.07, 6.45) is 3.18. The van der Waals surface area contributed by atoms with Crippen LogP contribution in [0.3, 0.4) is 0 Å². The molecule has 1 atom stereocenters. The molecule has 6 nitrogen and oxygen atoms in total. The fourth-order valence-electron chi connectivity index (χ4n) is 2.76. The number of aryl methyl sites for hydroxylation is 1. The number of nitrogens with zero attached hydrogens (tertiary/aromatic N) is 3. The van der Waals surface area contributed by atoms with Crippen molar-refractivity contribution in [1.29, 1.82) is 0 Å². The minimum atomic E-state index is -3.70. The van der Waals surface area contributed by atoms with E-state index in [9.17, 15) is 12.6 Å². The molecule has 0 aliphatic heterocycles. The van der Waals surface area contributed by atoms with E-state index in [1.807, 2.05) is 19.1 Å². The Morgan fingerprint density at radius 2 is 1.82 bits per heavy atom. The van der Waals surface area contributed by atoms with Crippen molar-refractivity contribution in [3.05, 3.63) is 57.8 Å². The molecule has 4 rings (SSSR count). The summed E-state index contributed by atoms with van der Waals surface area (Å²) in [5.41, 5.74) is 2.41. The van der Waals surface area contributed by atoms with Gasteiger partial charge in [0.05, 0.1) is 21.2 Å². The molecule has 2 heterocycles. The van der Waals surface area contributed by atoms with Crippen molar-refractivity contribution in [3.8, 4) is 10.6 Å². The lowest BCUT2D eigenvalue weighted by Gasteiger charge is -2.08. The SMILES string of the molecule is Cc1ccc(S(=O)(=O)n2cc(I)c3cc(-c4nnc([S@](C)=O)s4)ccc32)cc1. The third kappa shape index (κ3) is 3.42. The van der Waals surface area contributed by atoms with E-state index >= 15 is 0 Å². The second-order valence-corrected chi connectivity index (χ2v) is 11.7. The Morgan fingerprint density at radius 1 is 1.11 bits per heavy atom. The van der Waals surface area contributed by atoms with Crippen molar-refractivity contribution < 1.29 is 12.6 Å². The maximum Gasteiger partial charge on any atom is 0.268 e. The van der Waals surface area contributed by atoms with Crippen molar-refractivity contribution >= 4 is 65.7 Å². The molecule has 2 aromatic carbocycles. The Morgan fingerprint density at radius 3 is 2.46 bits per heavy atom. The summed E-state index contributed by atoms with van der Waals surface area (Å²) in [4.78, 5) is 0.245. The molecule has 0 saturated heterocycles. The van der Waals surface area contributed by atoms with Gasteiger partial charge in [-0.25, -0.2) is 12.4 Å². The van der Waals surface area contributed by atoms with Gasteiger partial charge in [-0.3, -0.25) is 4.21 Å². The van der Waals surface area contributed by atoms with Crippen molar-refractivity contribution in [2.75, 3.05) is 6.26 Å². The lowest BCUT2D eigenvalue weighted by atomic mass is 10.2. The van der Waals surface area contributed by atoms with Gasteiger partial charge in [0.25, 0.3) is 10.0 Å². The van der Waals surface area contributed by atoms with E-state index < -0.39 is 20.8 Å². The summed E-state index contributed by atoms with van der Waals surface area (Å²) >= 11 is 3.40.